The molecule has 18 heavy (non-hydrogen) atoms. The zero-order chi connectivity index (χ0) is 13.3. The summed E-state index contributed by atoms with van der Waals surface area (Å²) in [5, 5.41) is 0. The molecule has 0 amide bonds. The Morgan fingerprint density at radius 2 is 1.83 bits per heavy atom. The molecule has 0 radical (unpaired) electrons. The van der Waals surface area contributed by atoms with Crippen molar-refractivity contribution in [2.24, 2.45) is 0 Å². The van der Waals surface area contributed by atoms with Gasteiger partial charge in [-0.2, -0.15) is 9.97 Å². The highest BCUT2D eigenvalue weighted by Gasteiger charge is 2.12. The lowest BCUT2D eigenvalue weighted by Crippen LogP contribution is -2.07. The first kappa shape index (κ1) is 12.4. The van der Waals surface area contributed by atoms with Gasteiger partial charge < -0.3 is 5.73 Å². The van der Waals surface area contributed by atoms with Gasteiger partial charge in [0, 0.05) is 12.1 Å². The molecule has 5 heteroatoms. The van der Waals surface area contributed by atoms with Crippen LogP contribution in [0.15, 0.2) is 12.3 Å². The van der Waals surface area contributed by atoms with Crippen molar-refractivity contribution >= 4 is 5.95 Å². The molecule has 0 aliphatic heterocycles. The fourth-order valence-electron chi connectivity index (χ4n) is 1.72. The predicted molar refractivity (Wildman–Crippen MR) is 71.0 cm³/mol. The number of aryl methyl sites for hydroxylation is 2. The van der Waals surface area contributed by atoms with E-state index in [1.165, 1.54) is 0 Å². The Kier molecular flexibility index (Phi) is 3.23. The highest BCUT2D eigenvalue weighted by molar-refractivity contribution is 5.55. The lowest BCUT2D eigenvalue weighted by Gasteiger charge is -2.08. The number of nitrogens with two attached hydrogens (primary N) is 1. The Morgan fingerprint density at radius 1 is 1.11 bits per heavy atom. The van der Waals surface area contributed by atoms with Gasteiger partial charge in [-0.05, 0) is 25.0 Å². The first-order valence-electron chi connectivity index (χ1n) is 5.92. The predicted octanol–water partition coefficient (Wildman–Crippen LogP) is 2.26. The minimum Gasteiger partial charge on any atom is -0.368 e. The first-order chi connectivity index (χ1) is 8.47. The number of nitrogens with zero attached hydrogens (tertiary/aromatic N) is 4. The largest absolute Gasteiger partial charge is 0.368 e. The summed E-state index contributed by atoms with van der Waals surface area (Å²) in [6.07, 6.45) is 1.80. The number of hydrogen-bond acceptors (Lipinski definition) is 5. The van der Waals surface area contributed by atoms with Gasteiger partial charge in [-0.3, -0.25) is 4.98 Å². The molecule has 0 saturated heterocycles. The van der Waals surface area contributed by atoms with E-state index in [9.17, 15) is 0 Å². The number of hydrogen-bond donors (Lipinski definition) is 1. The van der Waals surface area contributed by atoms with E-state index in [0.717, 1.165) is 16.8 Å². The number of pyridine rings is 1. The molecule has 2 heterocycles. The van der Waals surface area contributed by atoms with Crippen molar-refractivity contribution in [3.05, 3.63) is 29.2 Å². The highest BCUT2D eigenvalue weighted by atomic mass is 15.1. The van der Waals surface area contributed by atoms with Crippen LogP contribution in [0.3, 0.4) is 0 Å². The van der Waals surface area contributed by atoms with Crippen LogP contribution in [0, 0.1) is 13.8 Å². The van der Waals surface area contributed by atoms with Crippen LogP contribution in [0.4, 0.5) is 5.95 Å². The standard InChI is InChI=1S/C13H17N5/c1-7(2)11-16-12(18-13(14)17-11)10-9(4)5-8(3)6-15-10/h5-7H,1-4H3,(H2,14,16,17,18). The van der Waals surface area contributed by atoms with E-state index in [0.29, 0.717) is 11.6 Å². The molecule has 0 aliphatic carbocycles. The zero-order valence-corrected chi connectivity index (χ0v) is 11.1. The zero-order valence-electron chi connectivity index (χ0n) is 11.1. The molecule has 5 nitrogen and oxygen atoms in total. The van der Waals surface area contributed by atoms with Gasteiger partial charge in [-0.15, -0.1) is 0 Å². The maximum atomic E-state index is 5.72. The minimum atomic E-state index is 0.208. The monoisotopic (exact) mass is 243 g/mol. The van der Waals surface area contributed by atoms with Crippen LogP contribution in [-0.2, 0) is 0 Å². The molecule has 2 rings (SSSR count). The van der Waals surface area contributed by atoms with Crippen LogP contribution in [-0.4, -0.2) is 19.9 Å². The SMILES string of the molecule is Cc1cnc(-c2nc(N)nc(C(C)C)n2)c(C)c1. The molecule has 0 fully saturated rings. The van der Waals surface area contributed by atoms with Gasteiger partial charge in [0.1, 0.15) is 11.5 Å². The van der Waals surface area contributed by atoms with Crippen molar-refractivity contribution < 1.29 is 0 Å². The fourth-order valence-corrected chi connectivity index (χ4v) is 1.72. The maximum Gasteiger partial charge on any atom is 0.223 e. The van der Waals surface area contributed by atoms with Gasteiger partial charge >= 0.3 is 0 Å². The minimum absolute atomic E-state index is 0.208. The average molecular weight is 243 g/mol. The second-order valence-electron chi connectivity index (χ2n) is 4.71. The van der Waals surface area contributed by atoms with E-state index in [4.69, 9.17) is 5.73 Å². The molecular weight excluding hydrogens is 226 g/mol. The van der Waals surface area contributed by atoms with Gasteiger partial charge in [0.15, 0.2) is 5.82 Å². The quantitative estimate of drug-likeness (QED) is 0.875. The third kappa shape index (κ3) is 2.45. The fraction of sp³-hybridized carbons (Fsp3) is 0.385. The second-order valence-corrected chi connectivity index (χ2v) is 4.71. The van der Waals surface area contributed by atoms with Crippen molar-refractivity contribution in [3.8, 4) is 11.5 Å². The molecule has 0 unspecified atom stereocenters. The summed E-state index contributed by atoms with van der Waals surface area (Å²) < 4.78 is 0. The van der Waals surface area contributed by atoms with Gasteiger partial charge in [-0.25, -0.2) is 4.98 Å². The summed E-state index contributed by atoms with van der Waals surface area (Å²) in [7, 11) is 0. The van der Waals surface area contributed by atoms with E-state index in [1.54, 1.807) is 6.20 Å². The summed E-state index contributed by atoms with van der Waals surface area (Å²) in [5.74, 6) is 1.69. The number of nitrogen functional groups attached to an aromatic ring is 1. The molecule has 0 spiro atoms. The van der Waals surface area contributed by atoms with E-state index >= 15 is 0 Å². The molecule has 0 bridgehead atoms. The van der Waals surface area contributed by atoms with E-state index in [-0.39, 0.29) is 11.9 Å². The third-order valence-corrected chi connectivity index (χ3v) is 2.61. The summed E-state index contributed by atoms with van der Waals surface area (Å²) in [4.78, 5) is 17.1. The molecule has 2 N–H and O–H groups in total. The highest BCUT2D eigenvalue weighted by Crippen LogP contribution is 2.20. The number of rotatable bonds is 2. The van der Waals surface area contributed by atoms with E-state index in [2.05, 4.69) is 26.0 Å². The Morgan fingerprint density at radius 3 is 2.44 bits per heavy atom. The average Bonchev–Trinajstić information content (AvgIpc) is 2.27. The normalized spacial score (nSPS) is 10.9. The van der Waals surface area contributed by atoms with E-state index < -0.39 is 0 Å². The lowest BCUT2D eigenvalue weighted by atomic mass is 10.1. The van der Waals surface area contributed by atoms with Crippen LogP contribution in [0.25, 0.3) is 11.5 Å². The first-order valence-corrected chi connectivity index (χ1v) is 5.92. The molecule has 0 atom stereocenters. The number of anilines is 1. The summed E-state index contributed by atoms with van der Waals surface area (Å²) in [6.45, 7) is 8.04. The lowest BCUT2D eigenvalue weighted by molar-refractivity contribution is 0.766. The smallest absolute Gasteiger partial charge is 0.223 e. The van der Waals surface area contributed by atoms with E-state index in [1.807, 2.05) is 27.7 Å². The number of aromatic nitrogens is 4. The summed E-state index contributed by atoms with van der Waals surface area (Å²) in [6, 6.07) is 2.05. The van der Waals surface area contributed by atoms with Crippen molar-refractivity contribution in [1.29, 1.82) is 0 Å². The molecule has 94 valence electrons. The van der Waals surface area contributed by atoms with Gasteiger partial charge in [0.25, 0.3) is 0 Å². The van der Waals surface area contributed by atoms with Crippen LogP contribution >= 0.6 is 0 Å². The van der Waals surface area contributed by atoms with Gasteiger partial charge in [-0.1, -0.05) is 19.9 Å². The van der Waals surface area contributed by atoms with Crippen LogP contribution < -0.4 is 5.73 Å². The molecular formula is C13H17N5. The molecule has 2 aromatic heterocycles. The van der Waals surface area contributed by atoms with Crippen molar-refractivity contribution in [2.75, 3.05) is 5.73 Å². The van der Waals surface area contributed by atoms with Gasteiger partial charge in [0.2, 0.25) is 5.95 Å². The van der Waals surface area contributed by atoms with Crippen LogP contribution in [0.5, 0.6) is 0 Å². The maximum absolute atomic E-state index is 5.72. The second kappa shape index (κ2) is 4.68. The van der Waals surface area contributed by atoms with Crippen LogP contribution in [0.2, 0.25) is 0 Å². The van der Waals surface area contributed by atoms with Crippen molar-refractivity contribution in [1.82, 2.24) is 19.9 Å². The summed E-state index contributed by atoms with van der Waals surface area (Å²) in [5.41, 5.74) is 8.64. The Bertz CT molecular complexity index is 578. The van der Waals surface area contributed by atoms with Crippen LogP contribution in [0.1, 0.15) is 36.7 Å². The van der Waals surface area contributed by atoms with Crippen molar-refractivity contribution in [2.45, 2.75) is 33.6 Å². The molecule has 0 aliphatic rings. The third-order valence-electron chi connectivity index (χ3n) is 2.61. The van der Waals surface area contributed by atoms with Crippen molar-refractivity contribution in [3.63, 3.8) is 0 Å². The molecule has 0 aromatic carbocycles. The Balaban J connectivity index is 2.56. The topological polar surface area (TPSA) is 77.6 Å². The molecule has 2 aromatic rings. The Labute approximate surface area is 107 Å². The Hall–Kier alpha value is -2.04. The summed E-state index contributed by atoms with van der Waals surface area (Å²) >= 11 is 0. The molecule has 0 saturated carbocycles. The van der Waals surface area contributed by atoms with Gasteiger partial charge in [0.05, 0.1) is 0 Å².